The number of benzene rings is 3. The Morgan fingerprint density at radius 3 is 2.48 bits per heavy atom. The first-order chi connectivity index (χ1) is 14.8. The molecule has 0 aliphatic heterocycles. The molecule has 1 amide bonds. The van der Waals surface area contributed by atoms with Crippen molar-refractivity contribution in [2.24, 2.45) is 0 Å². The van der Waals surface area contributed by atoms with E-state index >= 15 is 0 Å². The first kappa shape index (κ1) is 20.8. The zero-order chi connectivity index (χ0) is 22.0. The number of sulfone groups is 1. The van der Waals surface area contributed by atoms with Gasteiger partial charge in [0.2, 0.25) is 5.91 Å². The quantitative estimate of drug-likeness (QED) is 0.476. The molecule has 158 valence electrons. The van der Waals surface area contributed by atoms with Crippen molar-refractivity contribution in [2.45, 2.75) is 24.1 Å². The van der Waals surface area contributed by atoms with Gasteiger partial charge in [0.15, 0.2) is 9.84 Å². The standard InChI is InChI=1S/C24H21FN2O3S/c1-17-5-4-6-20(13-17)26-24(28)15-27-14-23(21-7-2-3-8-22(21)27)31(29,30)16-18-9-11-19(25)12-10-18/h2-14H,15-16H2,1H3,(H,26,28). The predicted octanol–water partition coefficient (Wildman–Crippen LogP) is 4.70. The minimum absolute atomic E-state index is 0.0273. The van der Waals surface area contributed by atoms with Gasteiger partial charge in [0.05, 0.1) is 10.6 Å². The molecule has 4 rings (SSSR count). The third-order valence-corrected chi connectivity index (χ3v) is 6.68. The summed E-state index contributed by atoms with van der Waals surface area (Å²) in [5, 5.41) is 3.39. The van der Waals surface area contributed by atoms with Gasteiger partial charge < -0.3 is 9.88 Å². The van der Waals surface area contributed by atoms with E-state index in [1.807, 2.05) is 25.1 Å². The summed E-state index contributed by atoms with van der Waals surface area (Å²) in [6.45, 7) is 1.91. The molecular weight excluding hydrogens is 415 g/mol. The first-order valence-electron chi connectivity index (χ1n) is 9.73. The summed E-state index contributed by atoms with van der Waals surface area (Å²) in [6.07, 6.45) is 1.50. The summed E-state index contributed by atoms with van der Waals surface area (Å²) in [5.74, 6) is -0.928. The summed E-state index contributed by atoms with van der Waals surface area (Å²) in [7, 11) is -3.71. The van der Waals surface area contributed by atoms with Gasteiger partial charge >= 0.3 is 0 Å². The van der Waals surface area contributed by atoms with Gasteiger partial charge in [0, 0.05) is 22.8 Å². The summed E-state index contributed by atoms with van der Waals surface area (Å²) in [4.78, 5) is 12.8. The minimum Gasteiger partial charge on any atom is -0.337 e. The van der Waals surface area contributed by atoms with E-state index in [9.17, 15) is 17.6 Å². The van der Waals surface area contributed by atoms with Crippen LogP contribution < -0.4 is 5.32 Å². The number of hydrogen-bond acceptors (Lipinski definition) is 3. The molecule has 3 aromatic carbocycles. The molecule has 0 atom stereocenters. The fourth-order valence-electron chi connectivity index (χ4n) is 3.55. The lowest BCUT2D eigenvalue weighted by Crippen LogP contribution is -2.18. The lowest BCUT2D eigenvalue weighted by molar-refractivity contribution is -0.116. The van der Waals surface area contributed by atoms with Crippen LogP contribution in [0.25, 0.3) is 10.9 Å². The number of aryl methyl sites for hydroxylation is 1. The number of hydrogen-bond donors (Lipinski definition) is 1. The molecule has 0 aliphatic carbocycles. The molecule has 1 aromatic heterocycles. The molecule has 0 fully saturated rings. The fraction of sp³-hybridized carbons (Fsp3) is 0.125. The Balaban J connectivity index is 1.64. The summed E-state index contributed by atoms with van der Waals surface area (Å²) < 4.78 is 41.0. The Kier molecular flexibility index (Phi) is 5.61. The third kappa shape index (κ3) is 4.67. The van der Waals surface area contributed by atoms with Gasteiger partial charge in [-0.15, -0.1) is 0 Å². The second kappa shape index (κ2) is 8.35. The number of para-hydroxylation sites is 1. The van der Waals surface area contributed by atoms with E-state index < -0.39 is 15.7 Å². The molecule has 31 heavy (non-hydrogen) atoms. The van der Waals surface area contributed by atoms with E-state index in [1.165, 1.54) is 30.5 Å². The maximum absolute atomic E-state index is 13.2. The number of amides is 1. The van der Waals surface area contributed by atoms with Gasteiger partial charge in [0.1, 0.15) is 12.4 Å². The van der Waals surface area contributed by atoms with E-state index in [4.69, 9.17) is 0 Å². The topological polar surface area (TPSA) is 68.2 Å². The SMILES string of the molecule is Cc1cccc(NC(=O)Cn2cc(S(=O)(=O)Cc3ccc(F)cc3)c3ccccc32)c1. The Bertz CT molecular complexity index is 1360. The third-order valence-electron chi connectivity index (χ3n) is 4.97. The van der Waals surface area contributed by atoms with Gasteiger partial charge in [-0.3, -0.25) is 4.79 Å². The van der Waals surface area contributed by atoms with Gasteiger partial charge in [-0.25, -0.2) is 12.8 Å². The van der Waals surface area contributed by atoms with Crippen LogP contribution >= 0.6 is 0 Å². The van der Waals surface area contributed by atoms with Crippen LogP contribution in [0.4, 0.5) is 10.1 Å². The van der Waals surface area contributed by atoms with Crippen molar-refractivity contribution in [3.8, 4) is 0 Å². The van der Waals surface area contributed by atoms with Crippen molar-refractivity contribution in [2.75, 3.05) is 5.32 Å². The van der Waals surface area contributed by atoms with Crippen molar-refractivity contribution in [1.29, 1.82) is 0 Å². The molecule has 0 saturated heterocycles. The lowest BCUT2D eigenvalue weighted by atomic mass is 10.2. The molecule has 0 spiro atoms. The molecule has 4 aromatic rings. The molecule has 0 bridgehead atoms. The Labute approximate surface area is 180 Å². The van der Waals surface area contributed by atoms with Crippen LogP contribution in [0.5, 0.6) is 0 Å². The highest BCUT2D eigenvalue weighted by molar-refractivity contribution is 7.90. The molecule has 0 radical (unpaired) electrons. The first-order valence-corrected chi connectivity index (χ1v) is 11.4. The van der Waals surface area contributed by atoms with Gasteiger partial charge in [0.25, 0.3) is 0 Å². The second-order valence-corrected chi connectivity index (χ2v) is 9.40. The summed E-state index contributed by atoms with van der Waals surface area (Å²) in [5.41, 5.74) is 2.86. The molecule has 1 N–H and O–H groups in total. The van der Waals surface area contributed by atoms with Crippen molar-refractivity contribution in [3.63, 3.8) is 0 Å². The van der Waals surface area contributed by atoms with E-state index in [-0.39, 0.29) is 23.1 Å². The zero-order valence-corrected chi connectivity index (χ0v) is 17.7. The zero-order valence-electron chi connectivity index (χ0n) is 16.9. The fourth-order valence-corrected chi connectivity index (χ4v) is 5.13. The smallest absolute Gasteiger partial charge is 0.244 e. The minimum atomic E-state index is -3.71. The monoisotopic (exact) mass is 436 g/mol. The second-order valence-electron chi connectivity index (χ2n) is 7.44. The van der Waals surface area contributed by atoms with E-state index in [1.54, 1.807) is 34.9 Å². The van der Waals surface area contributed by atoms with E-state index in [2.05, 4.69) is 5.32 Å². The van der Waals surface area contributed by atoms with Crippen LogP contribution in [0.1, 0.15) is 11.1 Å². The van der Waals surface area contributed by atoms with E-state index in [0.717, 1.165) is 5.56 Å². The van der Waals surface area contributed by atoms with Crippen molar-refractivity contribution >= 4 is 32.3 Å². The number of halogens is 1. The van der Waals surface area contributed by atoms with Crippen molar-refractivity contribution in [1.82, 2.24) is 4.57 Å². The molecule has 7 heteroatoms. The molecule has 0 unspecified atom stereocenters. The Hall–Kier alpha value is -3.45. The summed E-state index contributed by atoms with van der Waals surface area (Å²) >= 11 is 0. The van der Waals surface area contributed by atoms with Crippen LogP contribution in [0, 0.1) is 12.7 Å². The average molecular weight is 437 g/mol. The van der Waals surface area contributed by atoms with Crippen LogP contribution in [0.3, 0.4) is 0 Å². The maximum Gasteiger partial charge on any atom is 0.244 e. The number of nitrogens with zero attached hydrogens (tertiary/aromatic N) is 1. The molecule has 0 saturated carbocycles. The molecule has 1 heterocycles. The van der Waals surface area contributed by atoms with Crippen LogP contribution in [-0.4, -0.2) is 18.9 Å². The number of nitrogens with one attached hydrogen (secondary N) is 1. The lowest BCUT2D eigenvalue weighted by Gasteiger charge is -2.08. The van der Waals surface area contributed by atoms with E-state index in [0.29, 0.717) is 22.2 Å². The van der Waals surface area contributed by atoms with Crippen LogP contribution in [-0.2, 0) is 26.9 Å². The van der Waals surface area contributed by atoms with Crippen LogP contribution in [0.2, 0.25) is 0 Å². The Morgan fingerprint density at radius 2 is 1.74 bits per heavy atom. The number of carbonyl (C=O) groups is 1. The van der Waals surface area contributed by atoms with Gasteiger partial charge in [-0.2, -0.15) is 0 Å². The van der Waals surface area contributed by atoms with Crippen LogP contribution in [0.15, 0.2) is 83.9 Å². The van der Waals surface area contributed by atoms with Crippen molar-refractivity contribution < 1.29 is 17.6 Å². The molecule has 0 aliphatic rings. The number of aromatic nitrogens is 1. The number of fused-ring (bicyclic) bond motifs is 1. The molecular formula is C24H21FN2O3S. The van der Waals surface area contributed by atoms with Gasteiger partial charge in [-0.1, -0.05) is 42.5 Å². The highest BCUT2D eigenvalue weighted by atomic mass is 32.2. The highest BCUT2D eigenvalue weighted by Crippen LogP contribution is 2.28. The maximum atomic E-state index is 13.2. The number of anilines is 1. The largest absolute Gasteiger partial charge is 0.337 e. The predicted molar refractivity (Wildman–Crippen MR) is 119 cm³/mol. The van der Waals surface area contributed by atoms with Crippen molar-refractivity contribution in [3.05, 3.63) is 95.9 Å². The normalized spacial score (nSPS) is 11.5. The van der Waals surface area contributed by atoms with Gasteiger partial charge in [-0.05, 0) is 48.4 Å². The summed E-state index contributed by atoms with van der Waals surface area (Å²) in [6, 6.07) is 19.9. The number of rotatable bonds is 6. The Morgan fingerprint density at radius 1 is 1.00 bits per heavy atom. The average Bonchev–Trinajstić information content (AvgIpc) is 3.09. The highest BCUT2D eigenvalue weighted by Gasteiger charge is 2.22. The number of carbonyl (C=O) groups excluding carboxylic acids is 1. The molecule has 5 nitrogen and oxygen atoms in total.